The maximum Gasteiger partial charge on any atom is 0.132 e. The van der Waals surface area contributed by atoms with Gasteiger partial charge in [0.15, 0.2) is 0 Å². The topological polar surface area (TPSA) is 35.0 Å². The van der Waals surface area contributed by atoms with Crippen LogP contribution in [0.1, 0.15) is 11.4 Å². The quantitative estimate of drug-likeness (QED) is 0.629. The molecule has 1 aliphatic heterocycles. The van der Waals surface area contributed by atoms with Gasteiger partial charge in [-0.3, -0.25) is 0 Å². The van der Waals surface area contributed by atoms with Gasteiger partial charge in [-0.05, 0) is 12.1 Å². The van der Waals surface area contributed by atoms with Crippen molar-refractivity contribution in [3.63, 3.8) is 0 Å². The minimum Gasteiger partial charge on any atom is -0.495 e. The van der Waals surface area contributed by atoms with Gasteiger partial charge in [0, 0.05) is 6.08 Å². The molecule has 68 valence electrons. The second kappa shape index (κ2) is 2.80. The van der Waals surface area contributed by atoms with Crippen LogP contribution in [0.4, 0.5) is 0 Å². The standard InChI is InChI=1S/C11H8N2O/c1-2-4-9-8(3-1)12-10-5-6-14-7-11(10)13-9/h1-6H,7H2. The van der Waals surface area contributed by atoms with Gasteiger partial charge in [0.05, 0.1) is 23.0 Å². The van der Waals surface area contributed by atoms with E-state index in [1.165, 1.54) is 0 Å². The van der Waals surface area contributed by atoms with E-state index >= 15 is 0 Å². The first-order valence-corrected chi connectivity index (χ1v) is 4.47. The predicted molar refractivity (Wildman–Crippen MR) is 53.4 cm³/mol. The summed E-state index contributed by atoms with van der Waals surface area (Å²) in [5.41, 5.74) is 3.67. The van der Waals surface area contributed by atoms with Crippen LogP contribution in [0.2, 0.25) is 0 Å². The highest BCUT2D eigenvalue weighted by Gasteiger charge is 2.09. The molecule has 0 aliphatic carbocycles. The predicted octanol–water partition coefficient (Wildman–Crippen LogP) is 2.13. The first-order chi connectivity index (χ1) is 6.93. The second-order valence-corrected chi connectivity index (χ2v) is 3.16. The highest BCUT2D eigenvalue weighted by Crippen LogP contribution is 2.17. The molecule has 0 amide bonds. The van der Waals surface area contributed by atoms with Crippen molar-refractivity contribution in [1.29, 1.82) is 0 Å². The Morgan fingerprint density at radius 1 is 1.07 bits per heavy atom. The Balaban J connectivity index is 2.34. The van der Waals surface area contributed by atoms with Crippen LogP contribution in [0.25, 0.3) is 17.1 Å². The number of nitrogens with zero attached hydrogens (tertiary/aromatic N) is 2. The van der Waals surface area contributed by atoms with Gasteiger partial charge in [0.25, 0.3) is 0 Å². The average molecular weight is 184 g/mol. The molecule has 1 aromatic carbocycles. The Morgan fingerprint density at radius 3 is 2.71 bits per heavy atom. The van der Waals surface area contributed by atoms with Gasteiger partial charge in [-0.15, -0.1) is 0 Å². The van der Waals surface area contributed by atoms with Crippen LogP contribution in [-0.2, 0) is 11.3 Å². The van der Waals surface area contributed by atoms with E-state index in [1.54, 1.807) is 6.26 Å². The third-order valence-electron chi connectivity index (χ3n) is 2.22. The number of hydrogen-bond donors (Lipinski definition) is 0. The fourth-order valence-electron chi connectivity index (χ4n) is 1.53. The van der Waals surface area contributed by atoms with Gasteiger partial charge in [-0.25, -0.2) is 9.97 Å². The summed E-state index contributed by atoms with van der Waals surface area (Å²) in [6.45, 7) is 0.518. The van der Waals surface area contributed by atoms with Crippen LogP contribution in [-0.4, -0.2) is 9.97 Å². The maximum absolute atomic E-state index is 5.16. The summed E-state index contributed by atoms with van der Waals surface area (Å²) in [5.74, 6) is 0. The van der Waals surface area contributed by atoms with Crippen molar-refractivity contribution in [2.75, 3.05) is 0 Å². The molecular formula is C11H8N2O. The zero-order chi connectivity index (χ0) is 9.38. The van der Waals surface area contributed by atoms with Gasteiger partial charge in [0.2, 0.25) is 0 Å². The van der Waals surface area contributed by atoms with Gasteiger partial charge in [0.1, 0.15) is 12.3 Å². The minimum atomic E-state index is 0.518. The van der Waals surface area contributed by atoms with Crippen molar-refractivity contribution >= 4 is 17.1 Å². The monoisotopic (exact) mass is 184 g/mol. The molecule has 0 spiro atoms. The Hall–Kier alpha value is -1.90. The molecule has 0 radical (unpaired) electrons. The van der Waals surface area contributed by atoms with Crippen molar-refractivity contribution < 1.29 is 4.74 Å². The van der Waals surface area contributed by atoms with Gasteiger partial charge >= 0.3 is 0 Å². The molecule has 0 saturated heterocycles. The summed E-state index contributed by atoms with van der Waals surface area (Å²) in [4.78, 5) is 8.96. The molecule has 0 unspecified atom stereocenters. The highest BCUT2D eigenvalue weighted by molar-refractivity contribution is 5.75. The number of ether oxygens (including phenoxy) is 1. The van der Waals surface area contributed by atoms with Crippen molar-refractivity contribution in [1.82, 2.24) is 9.97 Å². The number of rotatable bonds is 0. The molecule has 0 N–H and O–H groups in total. The van der Waals surface area contributed by atoms with Crippen LogP contribution < -0.4 is 0 Å². The summed E-state index contributed by atoms with van der Waals surface area (Å²) >= 11 is 0. The Labute approximate surface area is 81.1 Å². The number of para-hydroxylation sites is 2. The molecule has 14 heavy (non-hydrogen) atoms. The van der Waals surface area contributed by atoms with E-state index in [9.17, 15) is 0 Å². The average Bonchev–Trinajstić information content (AvgIpc) is 2.26. The van der Waals surface area contributed by atoms with Crippen LogP contribution in [0, 0.1) is 0 Å². The number of hydrogen-bond acceptors (Lipinski definition) is 3. The Morgan fingerprint density at radius 2 is 1.86 bits per heavy atom. The van der Waals surface area contributed by atoms with Crippen molar-refractivity contribution in [2.24, 2.45) is 0 Å². The summed E-state index contributed by atoms with van der Waals surface area (Å²) in [5, 5.41) is 0. The smallest absolute Gasteiger partial charge is 0.132 e. The summed E-state index contributed by atoms with van der Waals surface area (Å²) < 4.78 is 5.16. The van der Waals surface area contributed by atoms with Crippen molar-refractivity contribution in [3.05, 3.63) is 41.9 Å². The first kappa shape index (κ1) is 7.50. The lowest BCUT2D eigenvalue weighted by molar-refractivity contribution is 0.230. The Kier molecular flexibility index (Phi) is 1.50. The maximum atomic E-state index is 5.16. The lowest BCUT2D eigenvalue weighted by Gasteiger charge is -2.10. The van der Waals surface area contributed by atoms with E-state index in [-0.39, 0.29) is 0 Å². The molecule has 0 fully saturated rings. The molecule has 1 aromatic heterocycles. The largest absolute Gasteiger partial charge is 0.495 e. The molecule has 2 aromatic rings. The third-order valence-corrected chi connectivity index (χ3v) is 2.22. The van der Waals surface area contributed by atoms with Crippen LogP contribution in [0.3, 0.4) is 0 Å². The molecule has 3 nitrogen and oxygen atoms in total. The molecule has 3 heteroatoms. The van der Waals surface area contributed by atoms with Gasteiger partial charge < -0.3 is 4.74 Å². The molecular weight excluding hydrogens is 176 g/mol. The van der Waals surface area contributed by atoms with Crippen LogP contribution in [0.5, 0.6) is 0 Å². The Bertz CT molecular complexity index is 520. The summed E-state index contributed by atoms with van der Waals surface area (Å²) in [7, 11) is 0. The lowest BCUT2D eigenvalue weighted by atomic mass is 10.2. The normalized spacial score (nSPS) is 13.7. The zero-order valence-corrected chi connectivity index (χ0v) is 7.47. The first-order valence-electron chi connectivity index (χ1n) is 4.47. The van der Waals surface area contributed by atoms with E-state index in [2.05, 4.69) is 9.97 Å². The lowest BCUT2D eigenvalue weighted by Crippen LogP contribution is -2.02. The summed E-state index contributed by atoms with van der Waals surface area (Å²) in [6.07, 6.45) is 3.50. The third kappa shape index (κ3) is 1.06. The number of aromatic nitrogens is 2. The second-order valence-electron chi connectivity index (χ2n) is 3.16. The van der Waals surface area contributed by atoms with Gasteiger partial charge in [-0.1, -0.05) is 12.1 Å². The molecule has 0 atom stereocenters. The molecule has 0 bridgehead atoms. The summed E-state index contributed by atoms with van der Waals surface area (Å²) in [6, 6.07) is 7.85. The molecule has 1 aliphatic rings. The number of benzene rings is 1. The van der Waals surface area contributed by atoms with Crippen molar-refractivity contribution in [2.45, 2.75) is 6.61 Å². The van der Waals surface area contributed by atoms with Crippen molar-refractivity contribution in [3.8, 4) is 0 Å². The van der Waals surface area contributed by atoms with E-state index < -0.39 is 0 Å². The molecule has 3 rings (SSSR count). The van der Waals surface area contributed by atoms with E-state index in [0.29, 0.717) is 6.61 Å². The fourth-order valence-corrected chi connectivity index (χ4v) is 1.53. The minimum absolute atomic E-state index is 0.518. The van der Waals surface area contributed by atoms with Gasteiger partial charge in [-0.2, -0.15) is 0 Å². The van der Waals surface area contributed by atoms with E-state index in [0.717, 1.165) is 22.4 Å². The SMILES string of the molecule is C1=Cc2nc3ccccc3nc2CO1. The van der Waals surface area contributed by atoms with E-state index in [1.807, 2.05) is 30.3 Å². The molecule has 0 saturated carbocycles. The molecule has 2 heterocycles. The fraction of sp³-hybridized carbons (Fsp3) is 0.0909. The zero-order valence-electron chi connectivity index (χ0n) is 7.47. The van der Waals surface area contributed by atoms with Crippen LogP contribution in [0.15, 0.2) is 30.5 Å². The van der Waals surface area contributed by atoms with Crippen LogP contribution >= 0.6 is 0 Å². The van der Waals surface area contributed by atoms with E-state index in [4.69, 9.17) is 4.74 Å². The highest BCUT2D eigenvalue weighted by atomic mass is 16.5. The number of fused-ring (bicyclic) bond motifs is 2.